The van der Waals surface area contributed by atoms with E-state index >= 15 is 0 Å². The Morgan fingerprint density at radius 3 is 2.12 bits per heavy atom. The summed E-state index contributed by atoms with van der Waals surface area (Å²) in [5.41, 5.74) is 4.32. The third-order valence-electron chi connectivity index (χ3n) is 4.13. The first-order valence-electron chi connectivity index (χ1n) is 8.18. The molecule has 0 radical (unpaired) electrons. The van der Waals surface area contributed by atoms with Crippen LogP contribution in [0.1, 0.15) is 0 Å². The van der Waals surface area contributed by atoms with Gasteiger partial charge in [-0.25, -0.2) is 4.68 Å². The maximum Gasteiger partial charge on any atom is 0.270 e. The smallest absolute Gasteiger partial charge is 0.258 e. The molecule has 4 aromatic rings. The number of non-ortho nitro benzene ring substituents is 1. The average molecular weight is 341 g/mol. The number of aromatic nitrogens is 2. The van der Waals surface area contributed by atoms with Crippen molar-refractivity contribution >= 4 is 5.69 Å². The van der Waals surface area contributed by atoms with Gasteiger partial charge in [-0.3, -0.25) is 10.1 Å². The largest absolute Gasteiger partial charge is 0.270 e. The summed E-state index contributed by atoms with van der Waals surface area (Å²) >= 11 is 0. The molecular weight excluding hydrogens is 326 g/mol. The molecule has 126 valence electrons. The van der Waals surface area contributed by atoms with Crippen molar-refractivity contribution in [2.75, 3.05) is 0 Å². The van der Waals surface area contributed by atoms with Crippen molar-refractivity contribution in [1.29, 1.82) is 0 Å². The molecule has 0 aliphatic heterocycles. The second-order valence-corrected chi connectivity index (χ2v) is 5.84. The molecule has 0 aliphatic carbocycles. The molecular formula is C21H15N3O2. The minimum absolute atomic E-state index is 0.0598. The second-order valence-electron chi connectivity index (χ2n) is 5.84. The van der Waals surface area contributed by atoms with Crippen LogP contribution >= 0.6 is 0 Å². The zero-order valence-corrected chi connectivity index (χ0v) is 13.8. The first kappa shape index (κ1) is 15.8. The molecule has 4 rings (SSSR count). The molecule has 5 nitrogen and oxygen atoms in total. The van der Waals surface area contributed by atoms with Crippen LogP contribution in [0, 0.1) is 10.1 Å². The molecule has 0 fully saturated rings. The highest BCUT2D eigenvalue weighted by atomic mass is 16.6. The number of para-hydroxylation sites is 1. The Morgan fingerprint density at radius 2 is 1.42 bits per heavy atom. The number of hydrogen-bond acceptors (Lipinski definition) is 3. The lowest BCUT2D eigenvalue weighted by atomic mass is 10.1. The van der Waals surface area contributed by atoms with Crippen molar-refractivity contribution in [3.63, 3.8) is 0 Å². The second kappa shape index (κ2) is 6.64. The van der Waals surface area contributed by atoms with Crippen molar-refractivity contribution in [2.24, 2.45) is 0 Å². The van der Waals surface area contributed by atoms with E-state index in [2.05, 4.69) is 0 Å². The number of benzene rings is 3. The summed E-state index contributed by atoms with van der Waals surface area (Å²) < 4.78 is 1.82. The number of nitro benzene ring substituents is 1. The molecule has 0 atom stereocenters. The Hall–Kier alpha value is -3.73. The number of hydrogen-bond donors (Lipinski definition) is 0. The van der Waals surface area contributed by atoms with Crippen LogP contribution in [0.4, 0.5) is 5.69 Å². The van der Waals surface area contributed by atoms with Gasteiger partial charge in [0.1, 0.15) is 0 Å². The van der Waals surface area contributed by atoms with Crippen LogP contribution in [-0.4, -0.2) is 14.7 Å². The van der Waals surface area contributed by atoms with E-state index in [4.69, 9.17) is 5.10 Å². The number of rotatable bonds is 4. The minimum Gasteiger partial charge on any atom is -0.258 e. The Kier molecular flexibility index (Phi) is 4.03. The van der Waals surface area contributed by atoms with Crippen LogP contribution in [0.2, 0.25) is 0 Å². The normalized spacial score (nSPS) is 10.6. The summed E-state index contributed by atoms with van der Waals surface area (Å²) in [6, 6.07) is 28.2. The van der Waals surface area contributed by atoms with Gasteiger partial charge in [0.2, 0.25) is 0 Å². The van der Waals surface area contributed by atoms with Crippen LogP contribution in [0.5, 0.6) is 0 Å². The standard InChI is InChI=1S/C21H15N3O2/c25-24(26)19-13-7-10-17(14-19)21-15-20(16-8-3-1-4-9-16)22-23(21)18-11-5-2-6-12-18/h1-15H. The van der Waals surface area contributed by atoms with E-state index in [0.717, 1.165) is 28.2 Å². The van der Waals surface area contributed by atoms with Crippen molar-refractivity contribution in [1.82, 2.24) is 9.78 Å². The molecule has 3 aromatic carbocycles. The first-order chi connectivity index (χ1) is 12.7. The average Bonchev–Trinajstić information content (AvgIpc) is 3.15. The summed E-state index contributed by atoms with van der Waals surface area (Å²) in [7, 11) is 0. The molecule has 0 saturated heterocycles. The van der Waals surface area contributed by atoms with Crippen molar-refractivity contribution in [2.45, 2.75) is 0 Å². The van der Waals surface area contributed by atoms with Crippen LogP contribution in [0.15, 0.2) is 91.0 Å². The molecule has 0 saturated carbocycles. The molecule has 0 unspecified atom stereocenters. The van der Waals surface area contributed by atoms with E-state index in [0.29, 0.717) is 0 Å². The highest BCUT2D eigenvalue weighted by Crippen LogP contribution is 2.30. The third-order valence-corrected chi connectivity index (χ3v) is 4.13. The van der Waals surface area contributed by atoms with Gasteiger partial charge in [-0.15, -0.1) is 0 Å². The summed E-state index contributed by atoms with van der Waals surface area (Å²) in [5, 5.41) is 15.9. The Bertz CT molecular complexity index is 1060. The Labute approximate surface area is 150 Å². The van der Waals surface area contributed by atoms with Gasteiger partial charge >= 0.3 is 0 Å². The van der Waals surface area contributed by atoms with Gasteiger partial charge in [0, 0.05) is 23.3 Å². The van der Waals surface area contributed by atoms with E-state index in [1.54, 1.807) is 12.1 Å². The van der Waals surface area contributed by atoms with Crippen LogP contribution in [0.25, 0.3) is 28.2 Å². The summed E-state index contributed by atoms with van der Waals surface area (Å²) in [6.45, 7) is 0. The Balaban J connectivity index is 1.91. The van der Waals surface area contributed by atoms with Crippen LogP contribution < -0.4 is 0 Å². The maximum absolute atomic E-state index is 11.1. The van der Waals surface area contributed by atoms with Crippen LogP contribution in [0.3, 0.4) is 0 Å². The summed E-state index contributed by atoms with van der Waals surface area (Å²) in [4.78, 5) is 10.8. The van der Waals surface area contributed by atoms with Gasteiger partial charge in [0.25, 0.3) is 5.69 Å². The van der Waals surface area contributed by atoms with Gasteiger partial charge in [-0.2, -0.15) is 5.10 Å². The molecule has 1 aromatic heterocycles. The molecule has 0 amide bonds. The lowest BCUT2D eigenvalue weighted by Crippen LogP contribution is -1.99. The van der Waals surface area contributed by atoms with Crippen LogP contribution in [-0.2, 0) is 0 Å². The molecule has 0 N–H and O–H groups in total. The zero-order chi connectivity index (χ0) is 17.9. The topological polar surface area (TPSA) is 61.0 Å². The molecule has 26 heavy (non-hydrogen) atoms. The predicted octanol–water partition coefficient (Wildman–Crippen LogP) is 5.11. The summed E-state index contributed by atoms with van der Waals surface area (Å²) in [5.74, 6) is 0. The van der Waals surface area contributed by atoms with E-state index in [1.807, 2.05) is 77.5 Å². The monoisotopic (exact) mass is 341 g/mol. The molecule has 0 aliphatic rings. The van der Waals surface area contributed by atoms with Gasteiger partial charge in [-0.05, 0) is 18.2 Å². The SMILES string of the molecule is O=[N+]([O-])c1cccc(-c2cc(-c3ccccc3)nn2-c2ccccc2)c1. The van der Waals surface area contributed by atoms with E-state index < -0.39 is 0 Å². The van der Waals surface area contributed by atoms with Gasteiger partial charge < -0.3 is 0 Å². The lowest BCUT2D eigenvalue weighted by molar-refractivity contribution is -0.384. The lowest BCUT2D eigenvalue weighted by Gasteiger charge is -2.07. The zero-order valence-electron chi connectivity index (χ0n) is 13.8. The third kappa shape index (κ3) is 2.98. The van der Waals surface area contributed by atoms with Crippen molar-refractivity contribution in [3.05, 3.63) is 101 Å². The molecule has 0 spiro atoms. The van der Waals surface area contributed by atoms with E-state index in [1.165, 1.54) is 6.07 Å². The predicted molar refractivity (Wildman–Crippen MR) is 101 cm³/mol. The van der Waals surface area contributed by atoms with E-state index in [9.17, 15) is 10.1 Å². The summed E-state index contributed by atoms with van der Waals surface area (Å²) in [6.07, 6.45) is 0. The van der Waals surface area contributed by atoms with Gasteiger partial charge in [-0.1, -0.05) is 60.7 Å². The highest BCUT2D eigenvalue weighted by molar-refractivity contribution is 5.71. The fraction of sp³-hybridized carbons (Fsp3) is 0. The molecule has 0 bridgehead atoms. The fourth-order valence-electron chi connectivity index (χ4n) is 2.88. The highest BCUT2D eigenvalue weighted by Gasteiger charge is 2.15. The van der Waals surface area contributed by atoms with Crippen molar-refractivity contribution < 1.29 is 4.92 Å². The number of nitro groups is 1. The maximum atomic E-state index is 11.1. The van der Waals surface area contributed by atoms with Gasteiger partial charge in [0.05, 0.1) is 22.0 Å². The molecule has 5 heteroatoms. The quantitative estimate of drug-likeness (QED) is 0.382. The van der Waals surface area contributed by atoms with Crippen molar-refractivity contribution in [3.8, 4) is 28.2 Å². The molecule has 1 heterocycles. The fourth-order valence-corrected chi connectivity index (χ4v) is 2.88. The first-order valence-corrected chi connectivity index (χ1v) is 8.18. The van der Waals surface area contributed by atoms with E-state index in [-0.39, 0.29) is 10.6 Å². The minimum atomic E-state index is -0.384. The number of nitrogens with zero attached hydrogens (tertiary/aromatic N) is 3. The Morgan fingerprint density at radius 1 is 0.769 bits per heavy atom. The van der Waals surface area contributed by atoms with Gasteiger partial charge in [0.15, 0.2) is 0 Å².